The standard InChI is InChI=1S/C9H13N3/c1-3-4-9-8(11)5-7(6-10)12(9)2/h5H,3-4,11H2,1-2H3. The summed E-state index contributed by atoms with van der Waals surface area (Å²) in [5, 5.41) is 8.70. The topological polar surface area (TPSA) is 54.7 Å². The van der Waals surface area contributed by atoms with Gasteiger partial charge in [-0.3, -0.25) is 0 Å². The van der Waals surface area contributed by atoms with Crippen molar-refractivity contribution in [3.05, 3.63) is 17.5 Å². The summed E-state index contributed by atoms with van der Waals surface area (Å²) in [6.45, 7) is 2.10. The van der Waals surface area contributed by atoms with E-state index in [0.717, 1.165) is 24.2 Å². The van der Waals surface area contributed by atoms with Gasteiger partial charge in [0.2, 0.25) is 0 Å². The molecule has 0 atom stereocenters. The number of nitrogens with zero attached hydrogens (tertiary/aromatic N) is 2. The highest BCUT2D eigenvalue weighted by Gasteiger charge is 2.07. The lowest BCUT2D eigenvalue weighted by molar-refractivity contribution is 0.782. The molecule has 0 saturated heterocycles. The molecule has 1 heterocycles. The summed E-state index contributed by atoms with van der Waals surface area (Å²) >= 11 is 0. The Morgan fingerprint density at radius 3 is 2.75 bits per heavy atom. The fourth-order valence-electron chi connectivity index (χ4n) is 1.32. The molecule has 1 aromatic heterocycles. The molecule has 12 heavy (non-hydrogen) atoms. The SMILES string of the molecule is CCCc1c(N)cc(C#N)n1C. The van der Waals surface area contributed by atoms with E-state index in [1.165, 1.54) is 0 Å². The van der Waals surface area contributed by atoms with Crippen LogP contribution in [0.25, 0.3) is 0 Å². The van der Waals surface area contributed by atoms with E-state index >= 15 is 0 Å². The van der Waals surface area contributed by atoms with Crippen LogP contribution >= 0.6 is 0 Å². The van der Waals surface area contributed by atoms with E-state index in [2.05, 4.69) is 13.0 Å². The Bertz CT molecular complexity index is 317. The van der Waals surface area contributed by atoms with E-state index in [-0.39, 0.29) is 0 Å². The van der Waals surface area contributed by atoms with Gasteiger partial charge in [-0.05, 0) is 12.5 Å². The van der Waals surface area contributed by atoms with Crippen LogP contribution in [0.1, 0.15) is 24.7 Å². The average Bonchev–Trinajstić information content (AvgIpc) is 2.32. The zero-order valence-electron chi connectivity index (χ0n) is 7.46. The molecule has 1 aromatic rings. The Kier molecular flexibility index (Phi) is 2.39. The second-order valence-corrected chi connectivity index (χ2v) is 2.85. The summed E-state index contributed by atoms with van der Waals surface area (Å²) in [4.78, 5) is 0. The number of nitriles is 1. The molecule has 0 bridgehead atoms. The van der Waals surface area contributed by atoms with E-state index < -0.39 is 0 Å². The molecular weight excluding hydrogens is 150 g/mol. The first-order valence-corrected chi connectivity index (χ1v) is 4.04. The van der Waals surface area contributed by atoms with E-state index in [4.69, 9.17) is 11.0 Å². The first kappa shape index (κ1) is 8.66. The largest absolute Gasteiger partial charge is 0.397 e. The highest BCUT2D eigenvalue weighted by atomic mass is 15.0. The lowest BCUT2D eigenvalue weighted by atomic mass is 10.2. The second kappa shape index (κ2) is 3.31. The summed E-state index contributed by atoms with van der Waals surface area (Å²) in [5.74, 6) is 0. The molecule has 0 aromatic carbocycles. The van der Waals surface area contributed by atoms with Crippen molar-refractivity contribution in [1.82, 2.24) is 4.57 Å². The van der Waals surface area contributed by atoms with E-state index in [1.807, 2.05) is 11.6 Å². The Morgan fingerprint density at radius 1 is 1.67 bits per heavy atom. The fraction of sp³-hybridized carbons (Fsp3) is 0.444. The summed E-state index contributed by atoms with van der Waals surface area (Å²) in [6.07, 6.45) is 1.98. The lowest BCUT2D eigenvalue weighted by Crippen LogP contribution is -2.00. The van der Waals surface area contributed by atoms with Gasteiger partial charge < -0.3 is 10.3 Å². The van der Waals surface area contributed by atoms with Crippen LogP contribution in [0.5, 0.6) is 0 Å². The molecule has 0 aliphatic carbocycles. The number of aromatic nitrogens is 1. The molecule has 2 N–H and O–H groups in total. The molecule has 0 amide bonds. The minimum Gasteiger partial charge on any atom is -0.397 e. The van der Waals surface area contributed by atoms with Crippen molar-refractivity contribution in [3.8, 4) is 6.07 Å². The molecule has 1 rings (SSSR count). The number of hydrogen-bond acceptors (Lipinski definition) is 2. The van der Waals surface area contributed by atoms with Crippen LogP contribution in [-0.4, -0.2) is 4.57 Å². The minimum atomic E-state index is 0.635. The van der Waals surface area contributed by atoms with Gasteiger partial charge in [0.25, 0.3) is 0 Å². The van der Waals surface area contributed by atoms with Crippen LogP contribution < -0.4 is 5.73 Å². The van der Waals surface area contributed by atoms with Gasteiger partial charge >= 0.3 is 0 Å². The van der Waals surface area contributed by atoms with Gasteiger partial charge in [-0.2, -0.15) is 5.26 Å². The predicted molar refractivity (Wildman–Crippen MR) is 48.5 cm³/mol. The van der Waals surface area contributed by atoms with Crippen molar-refractivity contribution >= 4 is 5.69 Å². The zero-order chi connectivity index (χ0) is 9.14. The van der Waals surface area contributed by atoms with Crippen LogP contribution in [0, 0.1) is 11.3 Å². The first-order valence-electron chi connectivity index (χ1n) is 4.04. The third-order valence-electron chi connectivity index (χ3n) is 1.99. The predicted octanol–water partition coefficient (Wildman–Crippen LogP) is 1.43. The molecule has 0 radical (unpaired) electrons. The summed E-state index contributed by atoms with van der Waals surface area (Å²) < 4.78 is 1.86. The molecule has 0 aliphatic rings. The third-order valence-corrected chi connectivity index (χ3v) is 1.99. The Hall–Kier alpha value is -1.43. The maximum absolute atomic E-state index is 8.70. The van der Waals surface area contributed by atoms with E-state index in [0.29, 0.717) is 5.69 Å². The monoisotopic (exact) mass is 163 g/mol. The average molecular weight is 163 g/mol. The van der Waals surface area contributed by atoms with Gasteiger partial charge in [0.1, 0.15) is 11.8 Å². The molecule has 64 valence electrons. The normalized spacial score (nSPS) is 9.75. The van der Waals surface area contributed by atoms with Gasteiger partial charge in [0.05, 0.1) is 5.69 Å². The molecule has 0 aliphatic heterocycles. The number of hydrogen-bond donors (Lipinski definition) is 1. The van der Waals surface area contributed by atoms with Crippen molar-refractivity contribution in [2.45, 2.75) is 19.8 Å². The molecular formula is C9H13N3. The van der Waals surface area contributed by atoms with E-state index in [9.17, 15) is 0 Å². The fourth-order valence-corrected chi connectivity index (χ4v) is 1.32. The second-order valence-electron chi connectivity index (χ2n) is 2.85. The molecule has 0 saturated carbocycles. The first-order chi connectivity index (χ1) is 5.70. The highest BCUT2D eigenvalue weighted by molar-refractivity contribution is 5.50. The number of nitrogen functional groups attached to an aromatic ring is 1. The van der Waals surface area contributed by atoms with Crippen LogP contribution in [0.4, 0.5) is 5.69 Å². The molecule has 3 nitrogen and oxygen atoms in total. The molecule has 0 fully saturated rings. The molecule has 0 spiro atoms. The summed E-state index contributed by atoms with van der Waals surface area (Å²) in [6, 6.07) is 3.83. The third kappa shape index (κ3) is 1.28. The van der Waals surface area contributed by atoms with Crippen LogP contribution in [0.2, 0.25) is 0 Å². The van der Waals surface area contributed by atoms with E-state index in [1.54, 1.807) is 6.07 Å². The van der Waals surface area contributed by atoms with Crippen LogP contribution in [-0.2, 0) is 13.5 Å². The smallest absolute Gasteiger partial charge is 0.122 e. The van der Waals surface area contributed by atoms with Crippen LogP contribution in [0.15, 0.2) is 6.07 Å². The van der Waals surface area contributed by atoms with Gasteiger partial charge in [0.15, 0.2) is 0 Å². The maximum Gasteiger partial charge on any atom is 0.122 e. The maximum atomic E-state index is 8.70. The van der Waals surface area contributed by atoms with Gasteiger partial charge in [-0.25, -0.2) is 0 Å². The van der Waals surface area contributed by atoms with Crippen molar-refractivity contribution in [2.24, 2.45) is 7.05 Å². The number of nitrogens with two attached hydrogens (primary N) is 1. The number of rotatable bonds is 2. The van der Waals surface area contributed by atoms with Crippen molar-refractivity contribution < 1.29 is 0 Å². The van der Waals surface area contributed by atoms with Crippen LogP contribution in [0.3, 0.4) is 0 Å². The Balaban J connectivity index is 3.12. The van der Waals surface area contributed by atoms with Crippen molar-refractivity contribution in [2.75, 3.05) is 5.73 Å². The quantitative estimate of drug-likeness (QED) is 0.717. The Morgan fingerprint density at radius 2 is 2.33 bits per heavy atom. The molecule has 3 heteroatoms. The van der Waals surface area contributed by atoms with Gasteiger partial charge in [-0.15, -0.1) is 0 Å². The number of anilines is 1. The highest BCUT2D eigenvalue weighted by Crippen LogP contribution is 2.17. The van der Waals surface area contributed by atoms with Crippen molar-refractivity contribution in [3.63, 3.8) is 0 Å². The van der Waals surface area contributed by atoms with Gasteiger partial charge in [0, 0.05) is 12.7 Å². The lowest BCUT2D eigenvalue weighted by Gasteiger charge is -2.02. The molecule has 0 unspecified atom stereocenters. The van der Waals surface area contributed by atoms with Gasteiger partial charge in [-0.1, -0.05) is 13.3 Å². The summed E-state index contributed by atoms with van der Waals surface area (Å²) in [5.41, 5.74) is 8.16. The zero-order valence-corrected chi connectivity index (χ0v) is 7.46. The Labute approximate surface area is 72.4 Å². The van der Waals surface area contributed by atoms with Crippen molar-refractivity contribution in [1.29, 1.82) is 5.26 Å². The minimum absolute atomic E-state index is 0.635. The summed E-state index contributed by atoms with van der Waals surface area (Å²) in [7, 11) is 1.87.